The summed E-state index contributed by atoms with van der Waals surface area (Å²) in [7, 11) is -3.33. The van der Waals surface area contributed by atoms with Gasteiger partial charge in [-0.05, 0) is 19.3 Å². The van der Waals surface area contributed by atoms with Crippen LogP contribution >= 0.6 is 11.6 Å². The maximum Gasteiger partial charge on any atom is 0.232 e. The summed E-state index contributed by atoms with van der Waals surface area (Å²) in [4.78, 5) is 0. The van der Waals surface area contributed by atoms with E-state index in [-0.39, 0.29) is 11.9 Å². The molecule has 1 N–H and O–H groups in total. The summed E-state index contributed by atoms with van der Waals surface area (Å²) in [5, 5.41) is 4.13. The van der Waals surface area contributed by atoms with Gasteiger partial charge in [0, 0.05) is 18.7 Å². The summed E-state index contributed by atoms with van der Waals surface area (Å²) < 4.78 is 33.1. The lowest BCUT2D eigenvalue weighted by Crippen LogP contribution is -2.17. The van der Waals surface area contributed by atoms with E-state index in [0.717, 1.165) is 19.4 Å². The molecule has 1 aromatic heterocycles. The summed E-state index contributed by atoms with van der Waals surface area (Å²) in [6, 6.07) is 0. The van der Waals surface area contributed by atoms with Gasteiger partial charge in [-0.2, -0.15) is 5.10 Å². The van der Waals surface area contributed by atoms with Crippen LogP contribution in [0.15, 0.2) is 12.4 Å². The van der Waals surface area contributed by atoms with E-state index in [9.17, 15) is 8.42 Å². The molecule has 1 aliphatic heterocycles. The largest absolute Gasteiger partial charge is 0.376 e. The number of nitrogens with zero attached hydrogens (tertiary/aromatic N) is 2. The second-order valence-corrected chi connectivity index (χ2v) is 6.77. The van der Waals surface area contributed by atoms with Crippen LogP contribution in [0, 0.1) is 0 Å². The predicted octanol–water partition coefficient (Wildman–Crippen LogP) is 1.43. The molecular formula is C11H18ClN3O3S. The molecule has 1 fully saturated rings. The van der Waals surface area contributed by atoms with Crippen LogP contribution in [0.3, 0.4) is 0 Å². The van der Waals surface area contributed by atoms with Gasteiger partial charge in [-0.3, -0.25) is 9.40 Å². The number of hydrogen-bond acceptors (Lipinski definition) is 4. The van der Waals surface area contributed by atoms with Gasteiger partial charge in [-0.15, -0.1) is 11.6 Å². The molecule has 2 heterocycles. The van der Waals surface area contributed by atoms with Crippen LogP contribution in [0.25, 0.3) is 0 Å². The number of hydrogen-bond donors (Lipinski definition) is 1. The first kappa shape index (κ1) is 14.6. The molecule has 0 bridgehead atoms. The molecule has 2 rings (SSSR count). The molecule has 0 saturated carbocycles. The molecule has 1 unspecified atom stereocenters. The molecule has 0 spiro atoms. The Morgan fingerprint density at radius 2 is 2.42 bits per heavy atom. The number of alkyl halides is 1. The smallest absolute Gasteiger partial charge is 0.232 e. The highest BCUT2D eigenvalue weighted by Gasteiger charge is 2.17. The van der Waals surface area contributed by atoms with Gasteiger partial charge in [0.2, 0.25) is 10.0 Å². The van der Waals surface area contributed by atoms with Gasteiger partial charge in [0.05, 0.1) is 30.3 Å². The zero-order valence-electron chi connectivity index (χ0n) is 10.6. The van der Waals surface area contributed by atoms with Crippen LogP contribution in [0.1, 0.15) is 19.3 Å². The second kappa shape index (κ2) is 6.58. The zero-order valence-corrected chi connectivity index (χ0v) is 12.2. The minimum Gasteiger partial charge on any atom is -0.376 e. The van der Waals surface area contributed by atoms with Crippen molar-refractivity contribution in [2.75, 3.05) is 23.0 Å². The quantitative estimate of drug-likeness (QED) is 0.774. The van der Waals surface area contributed by atoms with Crippen LogP contribution in [-0.4, -0.2) is 42.5 Å². The average Bonchev–Trinajstić information content (AvgIpc) is 2.99. The molecule has 0 aliphatic carbocycles. The number of ether oxygens (including phenoxy) is 1. The van der Waals surface area contributed by atoms with E-state index in [2.05, 4.69) is 9.82 Å². The van der Waals surface area contributed by atoms with Crippen LogP contribution in [0.2, 0.25) is 0 Å². The standard InChI is InChI=1S/C11H18ClN3O3S/c12-4-2-6-19(16,17)14-10-7-13-15(8-10)9-11-3-1-5-18-11/h7-8,11,14H,1-6,9H2. The Balaban J connectivity index is 1.89. The fourth-order valence-electron chi connectivity index (χ4n) is 1.99. The van der Waals surface area contributed by atoms with Gasteiger partial charge < -0.3 is 4.74 Å². The van der Waals surface area contributed by atoms with Gasteiger partial charge >= 0.3 is 0 Å². The Morgan fingerprint density at radius 1 is 1.58 bits per heavy atom. The highest BCUT2D eigenvalue weighted by atomic mass is 35.5. The molecule has 1 aromatic rings. The Bertz CT molecular complexity index is 497. The van der Waals surface area contributed by atoms with Crippen molar-refractivity contribution in [1.29, 1.82) is 0 Å². The summed E-state index contributed by atoms with van der Waals surface area (Å²) in [6.07, 6.45) is 5.90. The molecule has 1 atom stereocenters. The average molecular weight is 308 g/mol. The minimum absolute atomic E-state index is 0.0212. The van der Waals surface area contributed by atoms with Gasteiger partial charge in [0.15, 0.2) is 0 Å². The predicted molar refractivity (Wildman–Crippen MR) is 73.9 cm³/mol. The molecule has 0 amide bonds. The molecule has 19 heavy (non-hydrogen) atoms. The Morgan fingerprint density at radius 3 is 3.11 bits per heavy atom. The molecule has 1 aliphatic rings. The molecular weight excluding hydrogens is 290 g/mol. The lowest BCUT2D eigenvalue weighted by molar-refractivity contribution is 0.0940. The van der Waals surface area contributed by atoms with E-state index in [0.29, 0.717) is 24.5 Å². The van der Waals surface area contributed by atoms with Crippen LogP contribution in [-0.2, 0) is 21.3 Å². The third-order valence-corrected chi connectivity index (χ3v) is 4.51. The maximum absolute atomic E-state index is 11.7. The van der Waals surface area contributed by atoms with E-state index >= 15 is 0 Å². The number of anilines is 1. The van der Waals surface area contributed by atoms with Gasteiger partial charge in [-0.1, -0.05) is 0 Å². The van der Waals surface area contributed by atoms with E-state index < -0.39 is 10.0 Å². The third-order valence-electron chi connectivity index (χ3n) is 2.87. The van der Waals surface area contributed by atoms with Crippen LogP contribution < -0.4 is 4.72 Å². The number of sulfonamides is 1. The Labute approximate surface area is 118 Å². The van der Waals surface area contributed by atoms with Crippen molar-refractivity contribution in [3.05, 3.63) is 12.4 Å². The number of nitrogens with one attached hydrogen (secondary N) is 1. The van der Waals surface area contributed by atoms with E-state index in [1.165, 1.54) is 6.20 Å². The molecule has 0 aromatic carbocycles. The molecule has 6 nitrogen and oxygen atoms in total. The van der Waals surface area contributed by atoms with Crippen molar-refractivity contribution < 1.29 is 13.2 Å². The second-order valence-electron chi connectivity index (χ2n) is 4.55. The molecule has 0 radical (unpaired) electrons. The zero-order chi connectivity index (χ0) is 13.7. The fraction of sp³-hybridized carbons (Fsp3) is 0.727. The van der Waals surface area contributed by atoms with Crippen molar-refractivity contribution in [2.24, 2.45) is 0 Å². The van der Waals surface area contributed by atoms with E-state index in [1.807, 2.05) is 0 Å². The van der Waals surface area contributed by atoms with Gasteiger partial charge in [-0.25, -0.2) is 8.42 Å². The van der Waals surface area contributed by atoms with Gasteiger partial charge in [0.25, 0.3) is 0 Å². The van der Waals surface area contributed by atoms with E-state index in [1.54, 1.807) is 10.9 Å². The summed E-state index contributed by atoms with van der Waals surface area (Å²) in [6.45, 7) is 1.45. The van der Waals surface area contributed by atoms with Crippen LogP contribution in [0.4, 0.5) is 5.69 Å². The van der Waals surface area contributed by atoms with Crippen LogP contribution in [0.5, 0.6) is 0 Å². The minimum atomic E-state index is -3.33. The summed E-state index contributed by atoms with van der Waals surface area (Å²) in [5.74, 6) is 0.354. The number of aromatic nitrogens is 2. The first-order valence-corrected chi connectivity index (χ1v) is 8.48. The van der Waals surface area contributed by atoms with Crippen molar-refractivity contribution in [2.45, 2.75) is 31.9 Å². The van der Waals surface area contributed by atoms with Crippen molar-refractivity contribution in [3.63, 3.8) is 0 Å². The number of rotatable bonds is 7. The highest BCUT2D eigenvalue weighted by Crippen LogP contribution is 2.15. The topological polar surface area (TPSA) is 73.2 Å². The normalized spacial score (nSPS) is 19.7. The number of halogens is 1. The lowest BCUT2D eigenvalue weighted by Gasteiger charge is -2.08. The van der Waals surface area contributed by atoms with Crippen molar-refractivity contribution in [3.8, 4) is 0 Å². The third kappa shape index (κ3) is 4.67. The maximum atomic E-state index is 11.7. The lowest BCUT2D eigenvalue weighted by atomic mass is 10.2. The Hall–Kier alpha value is -0.790. The van der Waals surface area contributed by atoms with Crippen molar-refractivity contribution >= 4 is 27.3 Å². The highest BCUT2D eigenvalue weighted by molar-refractivity contribution is 7.92. The molecule has 1 saturated heterocycles. The summed E-state index contributed by atoms with van der Waals surface area (Å²) in [5.41, 5.74) is 0.479. The monoisotopic (exact) mass is 307 g/mol. The van der Waals surface area contributed by atoms with Gasteiger partial charge in [0.1, 0.15) is 0 Å². The van der Waals surface area contributed by atoms with E-state index in [4.69, 9.17) is 16.3 Å². The first-order valence-electron chi connectivity index (χ1n) is 6.29. The first-order chi connectivity index (χ1) is 9.09. The Kier molecular flexibility index (Phi) is 5.06. The van der Waals surface area contributed by atoms with Crippen molar-refractivity contribution in [1.82, 2.24) is 9.78 Å². The fourth-order valence-corrected chi connectivity index (χ4v) is 3.37. The molecule has 8 heteroatoms. The SMILES string of the molecule is O=S(=O)(CCCCl)Nc1cnn(CC2CCCO2)c1. The summed E-state index contributed by atoms with van der Waals surface area (Å²) >= 11 is 5.49. The molecule has 108 valence electrons.